The molecule has 4 atom stereocenters. The number of hydrogen-bond acceptors (Lipinski definition) is 2. The Morgan fingerprint density at radius 1 is 1.35 bits per heavy atom. The summed E-state index contributed by atoms with van der Waals surface area (Å²) >= 11 is 0. The van der Waals surface area contributed by atoms with E-state index in [1.165, 1.54) is 34.9 Å². The number of carbonyl (C=O) groups is 1. The maximum Gasteiger partial charge on any atom is 0.224 e. The summed E-state index contributed by atoms with van der Waals surface area (Å²) in [4.78, 5) is 15.8. The van der Waals surface area contributed by atoms with E-state index >= 15 is 0 Å². The maximum absolute atomic E-state index is 12.5. The van der Waals surface area contributed by atoms with Gasteiger partial charge in [0, 0.05) is 29.7 Å². The lowest BCUT2D eigenvalue weighted by Crippen LogP contribution is -2.45. The summed E-state index contributed by atoms with van der Waals surface area (Å²) in [6, 6.07) is 6.41. The summed E-state index contributed by atoms with van der Waals surface area (Å²) in [7, 11) is 0. The Balaban J connectivity index is 1.38. The fourth-order valence-electron chi connectivity index (χ4n) is 4.73. The van der Waals surface area contributed by atoms with Crippen molar-refractivity contribution in [1.29, 1.82) is 0 Å². The number of aromatic nitrogens is 1. The molecule has 1 amide bonds. The zero-order valence-electron chi connectivity index (χ0n) is 13.6. The van der Waals surface area contributed by atoms with Crippen molar-refractivity contribution in [2.24, 2.45) is 23.5 Å². The number of H-pyrrole nitrogens is 1. The smallest absolute Gasteiger partial charge is 0.224 e. The molecule has 1 heterocycles. The lowest BCUT2D eigenvalue weighted by molar-refractivity contribution is -0.127. The van der Waals surface area contributed by atoms with Gasteiger partial charge in [-0.15, -0.1) is 0 Å². The van der Waals surface area contributed by atoms with Crippen LogP contribution in [0.25, 0.3) is 10.9 Å². The van der Waals surface area contributed by atoms with Gasteiger partial charge in [-0.1, -0.05) is 18.2 Å². The molecule has 0 spiro atoms. The van der Waals surface area contributed by atoms with Gasteiger partial charge in [-0.3, -0.25) is 4.79 Å². The van der Waals surface area contributed by atoms with Crippen LogP contribution < -0.4 is 11.1 Å². The average molecular weight is 311 g/mol. The lowest BCUT2D eigenvalue weighted by Gasteiger charge is -2.27. The van der Waals surface area contributed by atoms with E-state index in [-0.39, 0.29) is 17.9 Å². The van der Waals surface area contributed by atoms with Gasteiger partial charge in [0.2, 0.25) is 5.91 Å². The highest BCUT2D eigenvalue weighted by atomic mass is 16.1. The van der Waals surface area contributed by atoms with E-state index in [9.17, 15) is 4.79 Å². The van der Waals surface area contributed by atoms with Crippen LogP contribution >= 0.6 is 0 Å². The Morgan fingerprint density at radius 2 is 2.17 bits per heavy atom. The predicted molar refractivity (Wildman–Crippen MR) is 92.0 cm³/mol. The SMILES string of the molecule is Cc1cccc2c(CCNC(=O)C3C4CCC(C4)C3N)c[nH]c12. The van der Waals surface area contributed by atoms with Crippen LogP contribution in [0.2, 0.25) is 0 Å². The molecule has 2 aromatic rings. The highest BCUT2D eigenvalue weighted by molar-refractivity contribution is 5.86. The molecule has 2 bridgehead atoms. The molecule has 4 N–H and O–H groups in total. The second-order valence-electron chi connectivity index (χ2n) is 7.29. The molecule has 23 heavy (non-hydrogen) atoms. The fourth-order valence-corrected chi connectivity index (χ4v) is 4.73. The van der Waals surface area contributed by atoms with Crippen molar-refractivity contribution >= 4 is 16.8 Å². The van der Waals surface area contributed by atoms with Crippen LogP contribution in [0.4, 0.5) is 0 Å². The summed E-state index contributed by atoms with van der Waals surface area (Å²) in [5.41, 5.74) is 9.98. The number of carbonyl (C=O) groups excluding carboxylic acids is 1. The number of hydrogen-bond donors (Lipinski definition) is 3. The van der Waals surface area contributed by atoms with Gasteiger partial charge in [0.05, 0.1) is 5.92 Å². The topological polar surface area (TPSA) is 70.9 Å². The largest absolute Gasteiger partial charge is 0.361 e. The van der Waals surface area contributed by atoms with Gasteiger partial charge >= 0.3 is 0 Å². The Kier molecular flexibility index (Phi) is 3.64. The highest BCUT2D eigenvalue weighted by Crippen LogP contribution is 2.47. The predicted octanol–water partition coefficient (Wildman–Crippen LogP) is 2.51. The normalized spacial score (nSPS) is 29.3. The van der Waals surface area contributed by atoms with Crippen LogP contribution in [-0.4, -0.2) is 23.5 Å². The summed E-state index contributed by atoms with van der Waals surface area (Å²) in [6.45, 7) is 2.79. The molecule has 4 heteroatoms. The summed E-state index contributed by atoms with van der Waals surface area (Å²) in [6.07, 6.45) is 6.46. The monoisotopic (exact) mass is 311 g/mol. The number of rotatable bonds is 4. The van der Waals surface area contributed by atoms with Crippen molar-refractivity contribution in [1.82, 2.24) is 10.3 Å². The average Bonchev–Trinajstić information content (AvgIpc) is 3.22. The minimum absolute atomic E-state index is 0.0407. The Bertz CT molecular complexity index is 733. The molecule has 2 aliphatic carbocycles. The molecule has 2 aliphatic rings. The van der Waals surface area contributed by atoms with Crippen molar-refractivity contribution in [2.75, 3.05) is 6.54 Å². The Labute approximate surface area is 136 Å². The number of aromatic amines is 1. The van der Waals surface area contributed by atoms with Gasteiger partial charge in [0.25, 0.3) is 0 Å². The molecule has 0 radical (unpaired) electrons. The van der Waals surface area contributed by atoms with Crippen molar-refractivity contribution in [3.63, 3.8) is 0 Å². The molecule has 4 unspecified atom stereocenters. The van der Waals surface area contributed by atoms with E-state index in [4.69, 9.17) is 5.73 Å². The van der Waals surface area contributed by atoms with Gasteiger partial charge in [-0.05, 0) is 55.6 Å². The first-order valence-electron chi connectivity index (χ1n) is 8.74. The van der Waals surface area contributed by atoms with Crippen LogP contribution in [0.5, 0.6) is 0 Å². The zero-order chi connectivity index (χ0) is 16.0. The van der Waals surface area contributed by atoms with E-state index in [1.807, 2.05) is 0 Å². The zero-order valence-corrected chi connectivity index (χ0v) is 13.6. The molecule has 122 valence electrons. The third-order valence-corrected chi connectivity index (χ3v) is 5.99. The summed E-state index contributed by atoms with van der Waals surface area (Å²) < 4.78 is 0. The summed E-state index contributed by atoms with van der Waals surface area (Å²) in [5.74, 6) is 1.30. The Hall–Kier alpha value is -1.81. The minimum atomic E-state index is 0.0407. The minimum Gasteiger partial charge on any atom is -0.361 e. The van der Waals surface area contributed by atoms with E-state index in [1.54, 1.807) is 0 Å². The van der Waals surface area contributed by atoms with E-state index < -0.39 is 0 Å². The second kappa shape index (κ2) is 5.68. The van der Waals surface area contributed by atoms with Crippen LogP contribution in [-0.2, 0) is 11.2 Å². The maximum atomic E-state index is 12.5. The second-order valence-corrected chi connectivity index (χ2v) is 7.29. The number of nitrogens with one attached hydrogen (secondary N) is 2. The third kappa shape index (κ3) is 2.45. The molecule has 1 aromatic heterocycles. The highest BCUT2D eigenvalue weighted by Gasteiger charge is 2.48. The first-order chi connectivity index (χ1) is 11.1. The van der Waals surface area contributed by atoms with Crippen LogP contribution in [0.15, 0.2) is 24.4 Å². The van der Waals surface area contributed by atoms with Crippen LogP contribution in [0.3, 0.4) is 0 Å². The molecular formula is C19H25N3O. The van der Waals surface area contributed by atoms with Crippen LogP contribution in [0, 0.1) is 24.7 Å². The number of para-hydroxylation sites is 1. The molecule has 2 fully saturated rings. The van der Waals surface area contributed by atoms with Crippen molar-refractivity contribution in [2.45, 2.75) is 38.6 Å². The molecule has 4 rings (SSSR count). The van der Waals surface area contributed by atoms with Crippen LogP contribution in [0.1, 0.15) is 30.4 Å². The van der Waals surface area contributed by atoms with Gasteiger partial charge in [0.1, 0.15) is 0 Å². The lowest BCUT2D eigenvalue weighted by atomic mass is 9.84. The molecule has 4 nitrogen and oxygen atoms in total. The first kappa shape index (κ1) is 14.8. The number of amides is 1. The third-order valence-electron chi connectivity index (χ3n) is 5.99. The fraction of sp³-hybridized carbons (Fsp3) is 0.526. The molecule has 2 saturated carbocycles. The molecule has 0 aliphatic heterocycles. The standard InChI is InChI=1S/C19H25N3O/c1-11-3-2-4-15-14(10-22-18(11)15)7-8-21-19(23)16-12-5-6-13(9-12)17(16)20/h2-4,10,12-13,16-17,22H,5-9,20H2,1H3,(H,21,23). The summed E-state index contributed by atoms with van der Waals surface area (Å²) in [5, 5.41) is 4.38. The number of fused-ring (bicyclic) bond motifs is 3. The number of aryl methyl sites for hydroxylation is 1. The van der Waals surface area contributed by atoms with Gasteiger partial charge < -0.3 is 16.0 Å². The molecule has 1 aromatic carbocycles. The van der Waals surface area contributed by atoms with Crippen molar-refractivity contribution in [3.8, 4) is 0 Å². The Morgan fingerprint density at radius 3 is 2.96 bits per heavy atom. The number of nitrogens with two attached hydrogens (primary N) is 1. The van der Waals surface area contributed by atoms with Crippen molar-refractivity contribution in [3.05, 3.63) is 35.5 Å². The number of benzene rings is 1. The van der Waals surface area contributed by atoms with Crippen molar-refractivity contribution < 1.29 is 4.79 Å². The van der Waals surface area contributed by atoms with E-state index in [0.29, 0.717) is 18.4 Å². The van der Waals surface area contributed by atoms with E-state index in [2.05, 4.69) is 41.6 Å². The molecular weight excluding hydrogens is 286 g/mol. The van der Waals surface area contributed by atoms with Gasteiger partial charge in [-0.25, -0.2) is 0 Å². The molecule has 0 saturated heterocycles. The van der Waals surface area contributed by atoms with Gasteiger partial charge in [0.15, 0.2) is 0 Å². The first-order valence-corrected chi connectivity index (χ1v) is 8.74. The quantitative estimate of drug-likeness (QED) is 0.812. The van der Waals surface area contributed by atoms with Gasteiger partial charge in [-0.2, -0.15) is 0 Å². The van der Waals surface area contributed by atoms with E-state index in [0.717, 1.165) is 12.8 Å².